The van der Waals surface area contributed by atoms with E-state index in [9.17, 15) is 0 Å². The lowest BCUT2D eigenvalue weighted by Crippen LogP contribution is -2.35. The molecule has 2 aromatic rings. The Balaban J connectivity index is 1.49. The Hall–Kier alpha value is -1.61. The van der Waals surface area contributed by atoms with Crippen LogP contribution in [0.2, 0.25) is 0 Å². The largest absolute Gasteiger partial charge is 0.303 e. The molecule has 1 fully saturated rings. The molecule has 21 heavy (non-hydrogen) atoms. The van der Waals surface area contributed by atoms with Crippen LogP contribution in [0.25, 0.3) is 0 Å². The highest BCUT2D eigenvalue weighted by Gasteiger charge is 2.23. The van der Waals surface area contributed by atoms with Crippen molar-refractivity contribution in [3.05, 3.63) is 53.3 Å². The van der Waals surface area contributed by atoms with Gasteiger partial charge in [0.1, 0.15) is 0 Å². The fraction of sp³-hybridized carbons (Fsp3) is 0.500. The first-order valence-corrected chi connectivity index (χ1v) is 8.09. The number of likely N-dealkylation sites (tertiary alicyclic amines) is 1. The lowest BCUT2D eigenvalue weighted by molar-refractivity contribution is 0.204. The molecule has 0 radical (unpaired) electrons. The molecule has 1 unspecified atom stereocenters. The number of aryl methyl sites for hydroxylation is 2. The van der Waals surface area contributed by atoms with Gasteiger partial charge in [0.2, 0.25) is 0 Å². The summed E-state index contributed by atoms with van der Waals surface area (Å²) in [5, 5.41) is 7.38. The molecule has 1 N–H and O–H groups in total. The van der Waals surface area contributed by atoms with Crippen molar-refractivity contribution >= 4 is 0 Å². The van der Waals surface area contributed by atoms with Gasteiger partial charge >= 0.3 is 0 Å². The maximum Gasteiger partial charge on any atom is 0.0519 e. The van der Waals surface area contributed by atoms with Gasteiger partial charge in [-0.2, -0.15) is 5.10 Å². The van der Waals surface area contributed by atoms with E-state index in [1.165, 1.54) is 62.1 Å². The predicted octanol–water partition coefficient (Wildman–Crippen LogP) is 3.53. The molecule has 112 valence electrons. The molecule has 0 bridgehead atoms. The van der Waals surface area contributed by atoms with E-state index < -0.39 is 0 Å². The number of hydrogen-bond donors (Lipinski definition) is 1. The van der Waals surface area contributed by atoms with Gasteiger partial charge in [0.05, 0.1) is 6.20 Å². The van der Waals surface area contributed by atoms with Crippen LogP contribution in [0, 0.1) is 6.92 Å². The van der Waals surface area contributed by atoms with Crippen LogP contribution < -0.4 is 0 Å². The van der Waals surface area contributed by atoms with E-state index in [0.717, 1.165) is 0 Å². The van der Waals surface area contributed by atoms with Crippen molar-refractivity contribution in [3.8, 4) is 0 Å². The van der Waals surface area contributed by atoms with Crippen molar-refractivity contribution in [2.75, 3.05) is 19.6 Å². The van der Waals surface area contributed by atoms with Crippen LogP contribution in [0.4, 0.5) is 0 Å². The second kappa shape index (κ2) is 6.90. The zero-order valence-corrected chi connectivity index (χ0v) is 12.9. The highest BCUT2D eigenvalue weighted by atomic mass is 15.1. The Bertz CT molecular complexity index is 547. The Kier molecular flexibility index (Phi) is 4.71. The third kappa shape index (κ3) is 3.73. The SMILES string of the molecule is Cc1cn[nH]c1C1CCCN(CCCc2ccccc2)C1. The molecule has 3 nitrogen and oxygen atoms in total. The minimum Gasteiger partial charge on any atom is -0.303 e. The summed E-state index contributed by atoms with van der Waals surface area (Å²) in [7, 11) is 0. The Morgan fingerprint density at radius 1 is 1.29 bits per heavy atom. The van der Waals surface area contributed by atoms with Crippen LogP contribution in [0.3, 0.4) is 0 Å². The van der Waals surface area contributed by atoms with Gasteiger partial charge in [0.25, 0.3) is 0 Å². The number of benzene rings is 1. The third-order valence-electron chi connectivity index (χ3n) is 4.56. The minimum absolute atomic E-state index is 0.637. The summed E-state index contributed by atoms with van der Waals surface area (Å²) < 4.78 is 0. The van der Waals surface area contributed by atoms with Crippen LogP contribution in [0.1, 0.15) is 42.0 Å². The second-order valence-corrected chi connectivity index (χ2v) is 6.20. The van der Waals surface area contributed by atoms with Gasteiger partial charge in [-0.15, -0.1) is 0 Å². The molecule has 0 amide bonds. The molecule has 2 heterocycles. The van der Waals surface area contributed by atoms with Crippen molar-refractivity contribution in [2.24, 2.45) is 0 Å². The Labute approximate surface area is 127 Å². The average molecular weight is 283 g/mol. The van der Waals surface area contributed by atoms with Gasteiger partial charge in [-0.1, -0.05) is 30.3 Å². The molecule has 3 heteroatoms. The summed E-state index contributed by atoms with van der Waals surface area (Å²) in [6.07, 6.45) is 6.97. The van der Waals surface area contributed by atoms with E-state index in [1.54, 1.807) is 0 Å². The van der Waals surface area contributed by atoms with Crippen LogP contribution >= 0.6 is 0 Å². The van der Waals surface area contributed by atoms with Crippen LogP contribution in [-0.4, -0.2) is 34.7 Å². The number of nitrogens with zero attached hydrogens (tertiary/aromatic N) is 2. The van der Waals surface area contributed by atoms with Crippen molar-refractivity contribution in [2.45, 2.75) is 38.5 Å². The van der Waals surface area contributed by atoms with E-state index in [-0.39, 0.29) is 0 Å². The molecular weight excluding hydrogens is 258 g/mol. The molecule has 1 saturated heterocycles. The first kappa shape index (κ1) is 14.3. The Morgan fingerprint density at radius 3 is 2.90 bits per heavy atom. The summed E-state index contributed by atoms with van der Waals surface area (Å²) in [6.45, 7) is 5.79. The van der Waals surface area contributed by atoms with Gasteiger partial charge in [0, 0.05) is 18.2 Å². The number of H-pyrrole nitrogens is 1. The first-order valence-electron chi connectivity index (χ1n) is 8.09. The van der Waals surface area contributed by atoms with Gasteiger partial charge in [-0.3, -0.25) is 5.10 Å². The molecule has 0 spiro atoms. The lowest BCUT2D eigenvalue weighted by atomic mass is 9.93. The fourth-order valence-electron chi connectivity index (χ4n) is 3.42. The van der Waals surface area contributed by atoms with E-state index in [2.05, 4.69) is 52.4 Å². The molecule has 1 aromatic heterocycles. The van der Waals surface area contributed by atoms with Crippen LogP contribution in [0.5, 0.6) is 0 Å². The summed E-state index contributed by atoms with van der Waals surface area (Å²) in [6, 6.07) is 10.8. The van der Waals surface area contributed by atoms with Gasteiger partial charge in [0.15, 0.2) is 0 Å². The number of nitrogens with one attached hydrogen (secondary N) is 1. The van der Waals surface area contributed by atoms with E-state index in [4.69, 9.17) is 0 Å². The fourth-order valence-corrected chi connectivity index (χ4v) is 3.42. The maximum absolute atomic E-state index is 4.18. The number of rotatable bonds is 5. The number of aromatic nitrogens is 2. The van der Waals surface area contributed by atoms with Crippen molar-refractivity contribution in [1.82, 2.24) is 15.1 Å². The Morgan fingerprint density at radius 2 is 2.14 bits per heavy atom. The van der Waals surface area contributed by atoms with Crippen molar-refractivity contribution < 1.29 is 0 Å². The van der Waals surface area contributed by atoms with Crippen LogP contribution in [-0.2, 0) is 6.42 Å². The van der Waals surface area contributed by atoms with Crippen LogP contribution in [0.15, 0.2) is 36.5 Å². The summed E-state index contributed by atoms with van der Waals surface area (Å²) >= 11 is 0. The summed E-state index contributed by atoms with van der Waals surface area (Å²) in [5.41, 5.74) is 4.12. The third-order valence-corrected chi connectivity index (χ3v) is 4.56. The number of aromatic amines is 1. The zero-order valence-electron chi connectivity index (χ0n) is 12.9. The number of hydrogen-bond acceptors (Lipinski definition) is 2. The molecule has 0 saturated carbocycles. The summed E-state index contributed by atoms with van der Waals surface area (Å²) in [4.78, 5) is 2.62. The van der Waals surface area contributed by atoms with E-state index in [1.807, 2.05) is 6.20 Å². The smallest absolute Gasteiger partial charge is 0.0519 e. The molecule has 0 aliphatic carbocycles. The average Bonchev–Trinajstić information content (AvgIpc) is 2.95. The van der Waals surface area contributed by atoms with Gasteiger partial charge in [-0.25, -0.2) is 0 Å². The van der Waals surface area contributed by atoms with E-state index in [0.29, 0.717) is 5.92 Å². The highest BCUT2D eigenvalue weighted by Crippen LogP contribution is 2.27. The maximum atomic E-state index is 4.18. The topological polar surface area (TPSA) is 31.9 Å². The number of piperidine rings is 1. The quantitative estimate of drug-likeness (QED) is 0.910. The minimum atomic E-state index is 0.637. The standard InChI is InChI=1S/C18H25N3/c1-15-13-19-20-18(15)17-10-6-12-21(14-17)11-5-9-16-7-3-2-4-8-16/h2-4,7-8,13,17H,5-6,9-12,14H2,1H3,(H,19,20). The molecular formula is C18H25N3. The van der Waals surface area contributed by atoms with Gasteiger partial charge < -0.3 is 4.90 Å². The zero-order chi connectivity index (χ0) is 14.5. The monoisotopic (exact) mass is 283 g/mol. The predicted molar refractivity (Wildman–Crippen MR) is 86.5 cm³/mol. The van der Waals surface area contributed by atoms with Crippen molar-refractivity contribution in [3.63, 3.8) is 0 Å². The van der Waals surface area contributed by atoms with Gasteiger partial charge in [-0.05, 0) is 56.8 Å². The first-order chi connectivity index (χ1) is 10.3. The molecule has 1 aliphatic rings. The molecule has 1 aromatic carbocycles. The molecule has 1 aliphatic heterocycles. The summed E-state index contributed by atoms with van der Waals surface area (Å²) in [5.74, 6) is 0.637. The highest BCUT2D eigenvalue weighted by molar-refractivity contribution is 5.19. The normalized spacial score (nSPS) is 19.8. The second-order valence-electron chi connectivity index (χ2n) is 6.20. The van der Waals surface area contributed by atoms with E-state index >= 15 is 0 Å². The lowest BCUT2D eigenvalue weighted by Gasteiger charge is -2.32. The molecule has 1 atom stereocenters. The molecule has 3 rings (SSSR count). The van der Waals surface area contributed by atoms with Crippen molar-refractivity contribution in [1.29, 1.82) is 0 Å².